The number of anilines is 1. The van der Waals surface area contributed by atoms with Crippen molar-refractivity contribution in [1.29, 1.82) is 0 Å². The zero-order valence-corrected chi connectivity index (χ0v) is 21.4. The molecular weight excluding hydrogens is 468 g/mol. The topological polar surface area (TPSA) is 116 Å². The molecule has 0 aliphatic heterocycles. The van der Waals surface area contributed by atoms with Crippen LogP contribution in [0, 0.1) is 5.92 Å². The van der Waals surface area contributed by atoms with E-state index in [2.05, 4.69) is 21.3 Å². The van der Waals surface area contributed by atoms with Crippen LogP contribution in [0.15, 0.2) is 72.8 Å². The Morgan fingerprint density at radius 2 is 1.43 bits per heavy atom. The van der Waals surface area contributed by atoms with Gasteiger partial charge in [-0.15, -0.1) is 0 Å². The highest BCUT2D eigenvalue weighted by molar-refractivity contribution is 5.99. The zero-order chi connectivity index (χ0) is 26.8. The summed E-state index contributed by atoms with van der Waals surface area (Å²) in [6.07, 6.45) is 0.722. The fourth-order valence-electron chi connectivity index (χ4n) is 4.04. The van der Waals surface area contributed by atoms with E-state index in [4.69, 9.17) is 0 Å². The number of carbonyl (C=O) groups excluding carboxylic acids is 4. The zero-order valence-electron chi connectivity index (χ0n) is 21.4. The van der Waals surface area contributed by atoms with Gasteiger partial charge >= 0.3 is 0 Å². The van der Waals surface area contributed by atoms with Crippen molar-refractivity contribution in [1.82, 2.24) is 16.0 Å². The smallest absolute Gasteiger partial charge is 0.246 e. The number of carbonyl (C=O) groups is 4. The van der Waals surface area contributed by atoms with Crippen molar-refractivity contribution in [3.8, 4) is 0 Å². The summed E-state index contributed by atoms with van der Waals surface area (Å²) in [5, 5.41) is 12.9. The number of amides is 4. The van der Waals surface area contributed by atoms with Gasteiger partial charge in [-0.2, -0.15) is 0 Å². The van der Waals surface area contributed by atoms with Crippen LogP contribution >= 0.6 is 0 Å². The van der Waals surface area contributed by atoms with Gasteiger partial charge in [-0.3, -0.25) is 19.2 Å². The Morgan fingerprint density at radius 3 is 2.11 bits per heavy atom. The van der Waals surface area contributed by atoms with Crippen molar-refractivity contribution in [2.45, 2.75) is 45.7 Å². The fraction of sp³-hybridized carbons (Fsp3) is 0.310. The molecule has 0 bridgehead atoms. The average molecular weight is 503 g/mol. The monoisotopic (exact) mass is 502 g/mol. The van der Waals surface area contributed by atoms with Gasteiger partial charge in [0.05, 0.1) is 6.54 Å². The third-order valence-electron chi connectivity index (χ3n) is 5.78. The molecular formula is C29H34N4O4. The molecule has 0 saturated carbocycles. The Morgan fingerprint density at radius 1 is 0.757 bits per heavy atom. The summed E-state index contributed by atoms with van der Waals surface area (Å²) in [6.45, 7) is 4.95. The van der Waals surface area contributed by atoms with E-state index < -0.39 is 23.9 Å². The molecule has 0 aliphatic rings. The standard InChI is InChI=1S/C29H34N4O4/c1-19(2)15-25(29(37)32-24-14-13-22-11-7-8-12-23(22)17-24)33-27(35)18-30-28(36)26(31-20(3)34)16-21-9-5-4-6-10-21/h4-14,17,19,25-26H,15-16,18H2,1-3H3,(H,30,36)(H,31,34)(H,32,37)(H,33,35)/t25-,26-/m0/s1. The molecule has 8 nitrogen and oxygen atoms in total. The SMILES string of the molecule is CC(=O)N[C@@H](Cc1ccccc1)C(=O)NCC(=O)N[C@@H](CC(C)C)C(=O)Nc1ccc2ccccc2c1. The molecule has 3 aromatic rings. The first-order valence-electron chi connectivity index (χ1n) is 12.4. The van der Waals surface area contributed by atoms with Gasteiger partial charge < -0.3 is 21.3 Å². The van der Waals surface area contributed by atoms with E-state index in [1.165, 1.54) is 6.92 Å². The molecule has 0 unspecified atom stereocenters. The van der Waals surface area contributed by atoms with E-state index in [1.807, 2.05) is 86.6 Å². The Balaban J connectivity index is 1.59. The summed E-state index contributed by atoms with van der Waals surface area (Å²) in [7, 11) is 0. The first kappa shape index (κ1) is 27.4. The van der Waals surface area contributed by atoms with E-state index in [-0.39, 0.29) is 30.7 Å². The second kappa shape index (κ2) is 13.2. The first-order chi connectivity index (χ1) is 17.7. The van der Waals surface area contributed by atoms with Crippen LogP contribution in [0.4, 0.5) is 5.69 Å². The van der Waals surface area contributed by atoms with Gasteiger partial charge in [-0.25, -0.2) is 0 Å². The molecule has 4 amide bonds. The number of nitrogens with one attached hydrogen (secondary N) is 4. The molecule has 194 valence electrons. The molecule has 0 aromatic heterocycles. The van der Waals surface area contributed by atoms with Crippen molar-refractivity contribution in [3.63, 3.8) is 0 Å². The summed E-state index contributed by atoms with van der Waals surface area (Å²) in [6, 6.07) is 21.2. The summed E-state index contributed by atoms with van der Waals surface area (Å²) in [5.41, 5.74) is 1.52. The Bertz CT molecular complexity index is 1240. The van der Waals surface area contributed by atoms with Crippen LogP contribution in [0.5, 0.6) is 0 Å². The van der Waals surface area contributed by atoms with Gasteiger partial charge in [0.25, 0.3) is 0 Å². The number of rotatable bonds is 11. The van der Waals surface area contributed by atoms with Gasteiger partial charge in [0.2, 0.25) is 23.6 Å². The molecule has 3 rings (SSSR count). The Labute approximate surface area is 217 Å². The van der Waals surface area contributed by atoms with Gasteiger partial charge in [-0.05, 0) is 40.8 Å². The molecule has 3 aromatic carbocycles. The highest BCUT2D eigenvalue weighted by Gasteiger charge is 2.24. The van der Waals surface area contributed by atoms with E-state index in [1.54, 1.807) is 0 Å². The average Bonchev–Trinajstić information content (AvgIpc) is 2.86. The van der Waals surface area contributed by atoms with E-state index >= 15 is 0 Å². The van der Waals surface area contributed by atoms with Crippen molar-refractivity contribution in [2.24, 2.45) is 5.92 Å². The third-order valence-corrected chi connectivity index (χ3v) is 5.78. The third kappa shape index (κ3) is 8.75. The minimum absolute atomic E-state index is 0.150. The van der Waals surface area contributed by atoms with Crippen LogP contribution in [-0.4, -0.2) is 42.3 Å². The van der Waals surface area contributed by atoms with Crippen LogP contribution in [0.25, 0.3) is 10.8 Å². The molecule has 0 aliphatic carbocycles. The largest absolute Gasteiger partial charge is 0.345 e. The van der Waals surface area contributed by atoms with Crippen LogP contribution in [-0.2, 0) is 25.6 Å². The second-order valence-corrected chi connectivity index (χ2v) is 9.46. The van der Waals surface area contributed by atoms with Crippen LogP contribution in [0.1, 0.15) is 32.8 Å². The van der Waals surface area contributed by atoms with Crippen molar-refractivity contribution < 1.29 is 19.2 Å². The van der Waals surface area contributed by atoms with Crippen molar-refractivity contribution in [3.05, 3.63) is 78.4 Å². The summed E-state index contributed by atoms with van der Waals surface area (Å²) < 4.78 is 0. The first-order valence-corrected chi connectivity index (χ1v) is 12.4. The molecule has 8 heteroatoms. The molecule has 0 heterocycles. The predicted molar refractivity (Wildman–Crippen MR) is 145 cm³/mol. The summed E-state index contributed by atoms with van der Waals surface area (Å²) in [5.74, 6) is -1.49. The van der Waals surface area contributed by atoms with Gasteiger partial charge in [-0.1, -0.05) is 74.5 Å². The maximum atomic E-state index is 13.0. The van der Waals surface area contributed by atoms with Crippen molar-refractivity contribution >= 4 is 40.1 Å². The van der Waals surface area contributed by atoms with E-state index in [0.717, 1.165) is 16.3 Å². The molecule has 4 N–H and O–H groups in total. The minimum Gasteiger partial charge on any atom is -0.345 e. The number of fused-ring (bicyclic) bond motifs is 1. The Kier molecular flexibility index (Phi) is 9.77. The van der Waals surface area contributed by atoms with E-state index in [9.17, 15) is 19.2 Å². The lowest BCUT2D eigenvalue weighted by molar-refractivity contribution is -0.130. The lowest BCUT2D eigenvalue weighted by Crippen LogP contribution is -2.52. The quantitative estimate of drug-likeness (QED) is 0.322. The molecule has 2 atom stereocenters. The maximum Gasteiger partial charge on any atom is 0.246 e. The van der Waals surface area contributed by atoms with Crippen LogP contribution in [0.2, 0.25) is 0 Å². The van der Waals surface area contributed by atoms with E-state index in [0.29, 0.717) is 12.1 Å². The maximum absolute atomic E-state index is 13.0. The number of hydrogen-bond acceptors (Lipinski definition) is 4. The number of hydrogen-bond donors (Lipinski definition) is 4. The molecule has 0 saturated heterocycles. The lowest BCUT2D eigenvalue weighted by Gasteiger charge is -2.21. The van der Waals surface area contributed by atoms with Crippen LogP contribution < -0.4 is 21.3 Å². The minimum atomic E-state index is -0.824. The highest BCUT2D eigenvalue weighted by Crippen LogP contribution is 2.19. The highest BCUT2D eigenvalue weighted by atomic mass is 16.2. The molecule has 0 spiro atoms. The van der Waals surface area contributed by atoms with Crippen molar-refractivity contribution in [2.75, 3.05) is 11.9 Å². The fourth-order valence-corrected chi connectivity index (χ4v) is 4.04. The Hall–Kier alpha value is -4.20. The molecule has 37 heavy (non-hydrogen) atoms. The number of benzene rings is 3. The summed E-state index contributed by atoms with van der Waals surface area (Å²) >= 11 is 0. The van der Waals surface area contributed by atoms with Gasteiger partial charge in [0.1, 0.15) is 12.1 Å². The lowest BCUT2D eigenvalue weighted by atomic mass is 10.0. The molecule has 0 fully saturated rings. The van der Waals surface area contributed by atoms with Gasteiger partial charge in [0.15, 0.2) is 0 Å². The summed E-state index contributed by atoms with van der Waals surface area (Å²) in [4.78, 5) is 50.1. The van der Waals surface area contributed by atoms with Gasteiger partial charge in [0, 0.05) is 19.0 Å². The second-order valence-electron chi connectivity index (χ2n) is 9.46. The van der Waals surface area contributed by atoms with Crippen LogP contribution in [0.3, 0.4) is 0 Å². The predicted octanol–water partition coefficient (Wildman–Crippen LogP) is 3.17. The normalized spacial score (nSPS) is 12.4. The molecule has 0 radical (unpaired) electrons.